The van der Waals surface area contributed by atoms with Gasteiger partial charge in [-0.2, -0.15) is 0 Å². The number of anilines is 1. The molecule has 84 valence electrons. The molecule has 0 aromatic carbocycles. The van der Waals surface area contributed by atoms with Gasteiger partial charge in [0, 0.05) is 18.3 Å². The molecule has 0 atom stereocenters. The highest BCUT2D eigenvalue weighted by atomic mass is 16.5. The Balaban J connectivity index is 2.79. The van der Waals surface area contributed by atoms with Crippen molar-refractivity contribution in [3.8, 4) is 5.88 Å². The first kappa shape index (κ1) is 11.8. The molecule has 15 heavy (non-hydrogen) atoms. The zero-order valence-corrected chi connectivity index (χ0v) is 9.45. The lowest BCUT2D eigenvalue weighted by Gasteiger charge is -2.27. The van der Waals surface area contributed by atoms with E-state index in [2.05, 4.69) is 10.3 Å². The summed E-state index contributed by atoms with van der Waals surface area (Å²) in [5.74, 6) is 0.573. The van der Waals surface area contributed by atoms with Gasteiger partial charge in [0.1, 0.15) is 0 Å². The lowest BCUT2D eigenvalue weighted by atomic mass is 10.0. The molecule has 0 aliphatic rings. The van der Waals surface area contributed by atoms with E-state index in [0.29, 0.717) is 12.3 Å². The molecule has 0 saturated heterocycles. The van der Waals surface area contributed by atoms with E-state index in [1.807, 2.05) is 26.0 Å². The number of hydrogen-bond acceptors (Lipinski definition) is 4. The number of aliphatic hydroxyl groups excluding tert-OH is 1. The van der Waals surface area contributed by atoms with Gasteiger partial charge < -0.3 is 15.2 Å². The van der Waals surface area contributed by atoms with Crippen molar-refractivity contribution in [1.82, 2.24) is 4.98 Å². The number of methoxy groups -OCH3 is 1. The molecule has 0 spiro atoms. The van der Waals surface area contributed by atoms with Crippen LogP contribution in [-0.4, -0.2) is 29.3 Å². The van der Waals surface area contributed by atoms with Crippen molar-refractivity contribution in [2.45, 2.75) is 25.8 Å². The minimum Gasteiger partial charge on any atom is -0.480 e. The van der Waals surface area contributed by atoms with Crippen LogP contribution in [0.25, 0.3) is 0 Å². The summed E-state index contributed by atoms with van der Waals surface area (Å²) in [6.45, 7) is 4.20. The molecule has 0 unspecified atom stereocenters. The lowest BCUT2D eigenvalue weighted by Crippen LogP contribution is -2.32. The maximum atomic E-state index is 8.92. The summed E-state index contributed by atoms with van der Waals surface area (Å²) in [6, 6.07) is 3.75. The average molecular weight is 210 g/mol. The second-order valence-corrected chi connectivity index (χ2v) is 4.04. The molecule has 0 bridgehead atoms. The summed E-state index contributed by atoms with van der Waals surface area (Å²) < 4.78 is 5.13. The first-order valence-corrected chi connectivity index (χ1v) is 4.97. The van der Waals surface area contributed by atoms with Gasteiger partial charge in [0.15, 0.2) is 0 Å². The Labute approximate surface area is 90.3 Å². The normalized spacial score (nSPS) is 11.2. The Morgan fingerprint density at radius 3 is 2.87 bits per heavy atom. The van der Waals surface area contributed by atoms with Gasteiger partial charge in [-0.1, -0.05) is 0 Å². The number of ether oxygens (including phenoxy) is 1. The summed E-state index contributed by atoms with van der Waals surface area (Å²) in [5, 5.41) is 12.2. The molecule has 0 radical (unpaired) electrons. The van der Waals surface area contributed by atoms with E-state index in [0.717, 1.165) is 5.69 Å². The summed E-state index contributed by atoms with van der Waals surface area (Å²) in [5.41, 5.74) is 0.670. The molecule has 1 heterocycles. The Kier molecular flexibility index (Phi) is 3.91. The standard InChI is InChI=1S/C11H18N2O2/c1-11(2,6-8-14)13-9-5-4-7-12-10(9)15-3/h4-5,7,13-14H,6,8H2,1-3H3. The molecular formula is C11H18N2O2. The van der Waals surface area contributed by atoms with E-state index in [1.165, 1.54) is 0 Å². The van der Waals surface area contributed by atoms with Gasteiger partial charge in [-0.05, 0) is 32.4 Å². The molecular weight excluding hydrogens is 192 g/mol. The molecule has 4 heteroatoms. The highest BCUT2D eigenvalue weighted by molar-refractivity contribution is 5.53. The maximum absolute atomic E-state index is 8.92. The third-order valence-electron chi connectivity index (χ3n) is 2.17. The second kappa shape index (κ2) is 4.98. The van der Waals surface area contributed by atoms with E-state index < -0.39 is 0 Å². The molecule has 1 aromatic heterocycles. The van der Waals surface area contributed by atoms with Gasteiger partial charge >= 0.3 is 0 Å². The van der Waals surface area contributed by atoms with Crippen LogP contribution in [0.5, 0.6) is 5.88 Å². The van der Waals surface area contributed by atoms with Crippen LogP contribution >= 0.6 is 0 Å². The van der Waals surface area contributed by atoms with Crippen LogP contribution in [0.15, 0.2) is 18.3 Å². The van der Waals surface area contributed by atoms with Gasteiger partial charge in [-0.15, -0.1) is 0 Å². The maximum Gasteiger partial charge on any atom is 0.237 e. The minimum absolute atomic E-state index is 0.155. The third kappa shape index (κ3) is 3.40. The average Bonchev–Trinajstić information content (AvgIpc) is 2.17. The van der Waals surface area contributed by atoms with Gasteiger partial charge in [-0.3, -0.25) is 0 Å². The van der Waals surface area contributed by atoms with Crippen LogP contribution in [-0.2, 0) is 0 Å². The van der Waals surface area contributed by atoms with E-state index in [9.17, 15) is 0 Å². The first-order chi connectivity index (χ1) is 7.09. The fourth-order valence-electron chi connectivity index (χ4n) is 1.36. The molecule has 0 fully saturated rings. The van der Waals surface area contributed by atoms with Crippen molar-refractivity contribution in [1.29, 1.82) is 0 Å². The van der Waals surface area contributed by atoms with Crippen LogP contribution in [0.4, 0.5) is 5.69 Å². The number of nitrogens with one attached hydrogen (secondary N) is 1. The zero-order valence-electron chi connectivity index (χ0n) is 9.45. The number of aliphatic hydroxyl groups is 1. The van der Waals surface area contributed by atoms with Gasteiger partial charge in [-0.25, -0.2) is 4.98 Å². The van der Waals surface area contributed by atoms with Crippen LogP contribution in [0, 0.1) is 0 Å². The minimum atomic E-state index is -0.176. The molecule has 0 amide bonds. The van der Waals surface area contributed by atoms with Gasteiger partial charge in [0.2, 0.25) is 5.88 Å². The predicted octanol–water partition coefficient (Wildman–Crippen LogP) is 1.66. The van der Waals surface area contributed by atoms with E-state index in [4.69, 9.17) is 9.84 Å². The molecule has 1 rings (SSSR count). The number of pyridine rings is 1. The number of aromatic nitrogens is 1. The van der Waals surface area contributed by atoms with Crippen molar-refractivity contribution in [2.75, 3.05) is 19.0 Å². The summed E-state index contributed by atoms with van der Waals surface area (Å²) in [4.78, 5) is 4.09. The third-order valence-corrected chi connectivity index (χ3v) is 2.17. The van der Waals surface area contributed by atoms with Crippen molar-refractivity contribution in [2.24, 2.45) is 0 Å². The molecule has 4 nitrogen and oxygen atoms in total. The zero-order chi connectivity index (χ0) is 11.3. The quantitative estimate of drug-likeness (QED) is 0.776. The summed E-state index contributed by atoms with van der Waals surface area (Å²) >= 11 is 0. The lowest BCUT2D eigenvalue weighted by molar-refractivity contribution is 0.260. The van der Waals surface area contributed by atoms with Crippen LogP contribution < -0.4 is 10.1 Å². The van der Waals surface area contributed by atoms with Gasteiger partial charge in [0.05, 0.1) is 12.8 Å². The SMILES string of the molecule is COc1ncccc1NC(C)(C)CCO. The summed E-state index contributed by atoms with van der Waals surface area (Å²) in [6.07, 6.45) is 2.36. The van der Waals surface area contributed by atoms with Crippen molar-refractivity contribution < 1.29 is 9.84 Å². The first-order valence-electron chi connectivity index (χ1n) is 4.97. The van der Waals surface area contributed by atoms with Crippen LogP contribution in [0.2, 0.25) is 0 Å². The number of rotatable bonds is 5. The number of hydrogen-bond donors (Lipinski definition) is 2. The fraction of sp³-hybridized carbons (Fsp3) is 0.545. The Hall–Kier alpha value is -1.29. The Bertz CT molecular complexity index is 313. The van der Waals surface area contributed by atoms with Crippen LogP contribution in [0.3, 0.4) is 0 Å². The predicted molar refractivity (Wildman–Crippen MR) is 60.2 cm³/mol. The van der Waals surface area contributed by atoms with Crippen molar-refractivity contribution in [3.05, 3.63) is 18.3 Å². The Morgan fingerprint density at radius 2 is 2.27 bits per heavy atom. The fourth-order valence-corrected chi connectivity index (χ4v) is 1.36. The monoisotopic (exact) mass is 210 g/mol. The van der Waals surface area contributed by atoms with E-state index in [-0.39, 0.29) is 12.1 Å². The largest absolute Gasteiger partial charge is 0.480 e. The molecule has 2 N–H and O–H groups in total. The number of nitrogens with zero attached hydrogens (tertiary/aromatic N) is 1. The molecule has 0 saturated carbocycles. The molecule has 1 aromatic rings. The van der Waals surface area contributed by atoms with E-state index in [1.54, 1.807) is 13.3 Å². The van der Waals surface area contributed by atoms with Crippen LogP contribution in [0.1, 0.15) is 20.3 Å². The topological polar surface area (TPSA) is 54.4 Å². The Morgan fingerprint density at radius 1 is 1.53 bits per heavy atom. The molecule has 0 aliphatic heterocycles. The smallest absolute Gasteiger partial charge is 0.237 e. The molecule has 0 aliphatic carbocycles. The van der Waals surface area contributed by atoms with Crippen molar-refractivity contribution >= 4 is 5.69 Å². The second-order valence-electron chi connectivity index (χ2n) is 4.04. The highest BCUT2D eigenvalue weighted by Crippen LogP contribution is 2.25. The summed E-state index contributed by atoms with van der Waals surface area (Å²) in [7, 11) is 1.59. The van der Waals surface area contributed by atoms with Gasteiger partial charge in [0.25, 0.3) is 0 Å². The van der Waals surface area contributed by atoms with Crippen molar-refractivity contribution in [3.63, 3.8) is 0 Å². The highest BCUT2D eigenvalue weighted by Gasteiger charge is 2.18. The van der Waals surface area contributed by atoms with E-state index >= 15 is 0 Å².